The minimum Gasteiger partial charge on any atom is -0.348 e. The van der Waals surface area contributed by atoms with Crippen LogP contribution in [0, 0.1) is 0 Å². The van der Waals surface area contributed by atoms with Crippen LogP contribution < -0.4 is 16.0 Å². The van der Waals surface area contributed by atoms with E-state index < -0.39 is 6.04 Å². The third kappa shape index (κ3) is 7.41. The molecular weight excluding hydrogens is 627 g/mol. The Kier molecular flexibility index (Phi) is 10.1. The van der Waals surface area contributed by atoms with Crippen molar-refractivity contribution in [3.05, 3.63) is 91.5 Å². The number of carbonyl (C=O) groups excluding carboxylic acids is 3. The van der Waals surface area contributed by atoms with Crippen LogP contribution in [0.3, 0.4) is 0 Å². The van der Waals surface area contributed by atoms with Gasteiger partial charge in [0, 0.05) is 24.0 Å². The molecule has 2 heterocycles. The smallest absolute Gasteiger partial charge is 0.254 e. The van der Waals surface area contributed by atoms with Crippen LogP contribution in [0.1, 0.15) is 68.4 Å². The number of nitrogens with zero attached hydrogens (tertiary/aromatic N) is 3. The number of fused-ring (bicyclic) bond motifs is 1. The molecule has 9 nitrogen and oxygen atoms in total. The minimum absolute atomic E-state index is 0.0730. The SMILES string of the molecule is C[C@H](NC(=O)c1ccc(Cl)c(Cl)c1)c1nnc(SCC(=O)Nc2sc3c(c2C(=O)NCc2ccccc2)CCCC3)n1C. The second-order valence-electron chi connectivity index (χ2n) is 10.1. The van der Waals surface area contributed by atoms with Crippen molar-refractivity contribution in [3.63, 3.8) is 0 Å². The van der Waals surface area contributed by atoms with Crippen molar-refractivity contribution in [3.8, 4) is 0 Å². The lowest BCUT2D eigenvalue weighted by molar-refractivity contribution is -0.113. The third-order valence-electron chi connectivity index (χ3n) is 7.06. The maximum atomic E-state index is 13.3. The molecule has 0 fully saturated rings. The number of aryl methyl sites for hydroxylation is 1. The molecule has 0 aliphatic heterocycles. The summed E-state index contributed by atoms with van der Waals surface area (Å²) < 4.78 is 1.74. The summed E-state index contributed by atoms with van der Waals surface area (Å²) in [5.41, 5.74) is 2.99. The maximum Gasteiger partial charge on any atom is 0.254 e. The van der Waals surface area contributed by atoms with Crippen LogP contribution in [0.4, 0.5) is 5.00 Å². The van der Waals surface area contributed by atoms with Crippen LogP contribution in [0.15, 0.2) is 53.7 Å². The zero-order valence-electron chi connectivity index (χ0n) is 23.6. The lowest BCUT2D eigenvalue weighted by atomic mass is 9.95. The number of thioether (sulfide) groups is 1. The van der Waals surface area contributed by atoms with E-state index in [1.54, 1.807) is 30.7 Å². The molecular formula is C30H30Cl2N6O3S2. The number of rotatable bonds is 10. The number of benzene rings is 2. The highest BCUT2D eigenvalue weighted by atomic mass is 35.5. The number of halogens is 2. The van der Waals surface area contributed by atoms with Gasteiger partial charge in [-0.2, -0.15) is 0 Å². The molecule has 224 valence electrons. The summed E-state index contributed by atoms with van der Waals surface area (Å²) in [4.78, 5) is 40.2. The van der Waals surface area contributed by atoms with Crippen LogP contribution in [-0.4, -0.2) is 38.2 Å². The van der Waals surface area contributed by atoms with E-state index >= 15 is 0 Å². The number of nitrogens with one attached hydrogen (secondary N) is 3. The van der Waals surface area contributed by atoms with E-state index in [0.717, 1.165) is 41.7 Å². The summed E-state index contributed by atoms with van der Waals surface area (Å²) in [6.07, 6.45) is 3.83. The largest absolute Gasteiger partial charge is 0.348 e. The highest BCUT2D eigenvalue weighted by molar-refractivity contribution is 7.99. The van der Waals surface area contributed by atoms with Gasteiger partial charge < -0.3 is 20.5 Å². The molecule has 5 rings (SSSR count). The van der Waals surface area contributed by atoms with Crippen LogP contribution in [0.5, 0.6) is 0 Å². The topological polar surface area (TPSA) is 118 Å². The van der Waals surface area contributed by atoms with Crippen molar-refractivity contribution in [1.82, 2.24) is 25.4 Å². The first-order chi connectivity index (χ1) is 20.7. The normalized spacial score (nSPS) is 13.2. The molecule has 2 aromatic carbocycles. The van der Waals surface area contributed by atoms with Gasteiger partial charge >= 0.3 is 0 Å². The molecule has 1 atom stereocenters. The van der Waals surface area contributed by atoms with E-state index in [1.807, 2.05) is 30.3 Å². The van der Waals surface area contributed by atoms with Crippen LogP contribution >= 0.6 is 46.3 Å². The van der Waals surface area contributed by atoms with Crippen molar-refractivity contribution >= 4 is 69.0 Å². The number of hydrogen-bond acceptors (Lipinski definition) is 7. The van der Waals surface area contributed by atoms with Gasteiger partial charge in [-0.05, 0) is 61.9 Å². The van der Waals surface area contributed by atoms with Gasteiger partial charge in [0.25, 0.3) is 11.8 Å². The number of hydrogen-bond donors (Lipinski definition) is 3. The van der Waals surface area contributed by atoms with E-state index in [2.05, 4.69) is 26.1 Å². The number of thiophene rings is 1. The highest BCUT2D eigenvalue weighted by Gasteiger charge is 2.27. The Bertz CT molecular complexity index is 1660. The minimum atomic E-state index is -0.461. The van der Waals surface area contributed by atoms with Crippen molar-refractivity contribution in [2.75, 3.05) is 11.1 Å². The standard InChI is InChI=1S/C30H30Cl2N6O3S2/c1-17(34-27(40)19-12-13-21(31)22(32)14-19)26-36-37-30(38(26)2)42-16-24(39)35-29-25(20-10-6-7-11-23(20)43-29)28(41)33-15-18-8-4-3-5-9-18/h3-5,8-9,12-14,17H,6-7,10-11,15-16H2,1-2H3,(H,33,41)(H,34,40)(H,35,39)/t17-/m0/s1. The number of aromatic nitrogens is 3. The average molecular weight is 658 g/mol. The first kappa shape index (κ1) is 31.1. The van der Waals surface area contributed by atoms with E-state index in [4.69, 9.17) is 23.2 Å². The van der Waals surface area contributed by atoms with Crippen molar-refractivity contribution in [2.24, 2.45) is 7.05 Å². The Hall–Kier alpha value is -3.38. The molecule has 0 bridgehead atoms. The Morgan fingerprint density at radius 1 is 1.02 bits per heavy atom. The fraction of sp³-hybridized carbons (Fsp3) is 0.300. The van der Waals surface area contributed by atoms with Gasteiger partial charge in [0.2, 0.25) is 5.91 Å². The second-order valence-corrected chi connectivity index (χ2v) is 13.0. The fourth-order valence-electron chi connectivity index (χ4n) is 4.86. The predicted octanol–water partition coefficient (Wildman–Crippen LogP) is 6.21. The zero-order valence-corrected chi connectivity index (χ0v) is 26.7. The van der Waals surface area contributed by atoms with Crippen LogP contribution in [-0.2, 0) is 31.2 Å². The summed E-state index contributed by atoms with van der Waals surface area (Å²) in [7, 11) is 1.78. The molecule has 4 aromatic rings. The van der Waals surface area contributed by atoms with Gasteiger partial charge in [-0.1, -0.05) is 65.3 Å². The summed E-state index contributed by atoms with van der Waals surface area (Å²) in [6, 6.07) is 13.9. The molecule has 3 amide bonds. The van der Waals surface area contributed by atoms with E-state index in [9.17, 15) is 14.4 Å². The number of carbonyl (C=O) groups is 3. The molecule has 0 unspecified atom stereocenters. The Balaban J connectivity index is 1.21. The molecule has 0 saturated heterocycles. The number of anilines is 1. The molecule has 1 aliphatic carbocycles. The number of amides is 3. The zero-order chi connectivity index (χ0) is 30.5. The average Bonchev–Trinajstić information content (AvgIpc) is 3.56. The fourth-order valence-corrected chi connectivity index (χ4v) is 7.18. The second kappa shape index (κ2) is 13.9. The van der Waals surface area contributed by atoms with Crippen LogP contribution in [0.25, 0.3) is 0 Å². The summed E-state index contributed by atoms with van der Waals surface area (Å²) in [5.74, 6) is -0.152. The van der Waals surface area contributed by atoms with E-state index in [0.29, 0.717) is 43.7 Å². The molecule has 0 spiro atoms. The molecule has 2 aromatic heterocycles. The van der Waals surface area contributed by atoms with Crippen molar-refractivity contribution in [2.45, 2.75) is 50.4 Å². The Morgan fingerprint density at radius 2 is 1.79 bits per heavy atom. The summed E-state index contributed by atoms with van der Waals surface area (Å²) in [5, 5.41) is 19.1. The Morgan fingerprint density at radius 3 is 2.56 bits per heavy atom. The van der Waals surface area contributed by atoms with Gasteiger partial charge in [-0.3, -0.25) is 14.4 Å². The monoisotopic (exact) mass is 656 g/mol. The predicted molar refractivity (Wildman–Crippen MR) is 171 cm³/mol. The van der Waals surface area contributed by atoms with Crippen molar-refractivity contribution in [1.29, 1.82) is 0 Å². The van der Waals surface area contributed by atoms with E-state index in [-0.39, 0.29) is 23.5 Å². The first-order valence-corrected chi connectivity index (χ1v) is 16.3. The van der Waals surface area contributed by atoms with Crippen LogP contribution in [0.2, 0.25) is 10.0 Å². The molecule has 0 saturated carbocycles. The molecule has 0 radical (unpaired) electrons. The quantitative estimate of drug-likeness (QED) is 0.175. The molecule has 1 aliphatic rings. The molecule has 13 heteroatoms. The highest BCUT2D eigenvalue weighted by Crippen LogP contribution is 2.38. The first-order valence-electron chi connectivity index (χ1n) is 13.8. The van der Waals surface area contributed by atoms with Gasteiger partial charge in [0.1, 0.15) is 5.00 Å². The van der Waals surface area contributed by atoms with Gasteiger partial charge in [0.05, 0.1) is 27.4 Å². The summed E-state index contributed by atoms with van der Waals surface area (Å²) in [6.45, 7) is 2.21. The van der Waals surface area contributed by atoms with Crippen molar-refractivity contribution < 1.29 is 14.4 Å². The molecule has 3 N–H and O–H groups in total. The van der Waals surface area contributed by atoms with Gasteiger partial charge in [0.15, 0.2) is 11.0 Å². The molecule has 43 heavy (non-hydrogen) atoms. The van der Waals surface area contributed by atoms with E-state index in [1.165, 1.54) is 29.2 Å². The van der Waals surface area contributed by atoms with Gasteiger partial charge in [-0.15, -0.1) is 21.5 Å². The Labute approximate surface area is 267 Å². The summed E-state index contributed by atoms with van der Waals surface area (Å²) >= 11 is 14.7. The third-order valence-corrected chi connectivity index (χ3v) is 10.0. The maximum absolute atomic E-state index is 13.3. The van der Waals surface area contributed by atoms with Gasteiger partial charge in [-0.25, -0.2) is 0 Å². The lowest BCUT2D eigenvalue weighted by Gasteiger charge is -2.14. The lowest BCUT2D eigenvalue weighted by Crippen LogP contribution is -2.28.